The smallest absolute Gasteiger partial charge is 0.338 e. The molecule has 8 heteroatoms. The number of hydrogen-bond donors (Lipinski definition) is 0. The third-order valence-electron chi connectivity index (χ3n) is 5.38. The van der Waals surface area contributed by atoms with Crippen molar-refractivity contribution in [2.45, 2.75) is 37.9 Å². The van der Waals surface area contributed by atoms with Gasteiger partial charge in [-0.25, -0.2) is 14.8 Å². The number of nitrogens with zero attached hydrogens (tertiary/aromatic N) is 3. The van der Waals surface area contributed by atoms with Crippen LogP contribution in [0.2, 0.25) is 5.15 Å². The summed E-state index contributed by atoms with van der Waals surface area (Å²) in [7, 11) is 0. The fourth-order valence-corrected chi connectivity index (χ4v) is 4.28. The highest BCUT2D eigenvalue weighted by Crippen LogP contribution is 2.44. The van der Waals surface area contributed by atoms with Crippen molar-refractivity contribution in [1.29, 1.82) is 0 Å². The molecule has 0 spiro atoms. The molecule has 2 aliphatic rings. The Bertz CT molecular complexity index is 1140. The van der Waals surface area contributed by atoms with E-state index < -0.39 is 5.79 Å². The molecular formula is C22H20ClN3O4. The summed E-state index contributed by atoms with van der Waals surface area (Å²) in [5, 5.41) is 1.17. The molecule has 0 amide bonds. The number of aromatic nitrogens is 3. The molecule has 2 aromatic heterocycles. The first-order valence-corrected chi connectivity index (χ1v) is 10.1. The van der Waals surface area contributed by atoms with E-state index in [1.54, 1.807) is 24.3 Å². The number of benzene rings is 1. The third-order valence-corrected chi connectivity index (χ3v) is 5.68. The normalized spacial score (nSPS) is 24.6. The van der Waals surface area contributed by atoms with E-state index in [-0.39, 0.29) is 30.8 Å². The molecular weight excluding hydrogens is 406 g/mol. The second-order valence-corrected chi connectivity index (χ2v) is 8.18. The monoisotopic (exact) mass is 425 g/mol. The zero-order valence-electron chi connectivity index (χ0n) is 16.5. The van der Waals surface area contributed by atoms with Crippen molar-refractivity contribution in [2.75, 3.05) is 6.61 Å². The largest absolute Gasteiger partial charge is 0.457 e. The molecule has 0 radical (unpaired) electrons. The Balaban J connectivity index is 1.45. The summed E-state index contributed by atoms with van der Waals surface area (Å²) in [6.07, 6.45) is 4.80. The lowest BCUT2D eigenvalue weighted by molar-refractivity contribution is -0.148. The molecule has 0 bridgehead atoms. The highest BCUT2D eigenvalue weighted by atomic mass is 35.5. The molecule has 3 aromatic rings. The van der Waals surface area contributed by atoms with Gasteiger partial charge in [-0.1, -0.05) is 35.9 Å². The van der Waals surface area contributed by atoms with Gasteiger partial charge in [-0.3, -0.25) is 0 Å². The average molecular weight is 426 g/mol. The van der Waals surface area contributed by atoms with Crippen LogP contribution in [0.5, 0.6) is 0 Å². The van der Waals surface area contributed by atoms with Gasteiger partial charge in [-0.15, -0.1) is 0 Å². The summed E-state index contributed by atoms with van der Waals surface area (Å²) >= 11 is 6.21. The maximum Gasteiger partial charge on any atom is 0.338 e. The minimum Gasteiger partial charge on any atom is -0.457 e. The predicted molar refractivity (Wildman–Crippen MR) is 110 cm³/mol. The van der Waals surface area contributed by atoms with Gasteiger partial charge >= 0.3 is 5.97 Å². The highest BCUT2D eigenvalue weighted by Gasteiger charge is 2.51. The van der Waals surface area contributed by atoms with Crippen molar-refractivity contribution in [1.82, 2.24) is 14.5 Å². The van der Waals surface area contributed by atoms with Crippen LogP contribution in [0.1, 0.15) is 30.2 Å². The molecule has 0 saturated carbocycles. The second-order valence-electron chi connectivity index (χ2n) is 7.82. The van der Waals surface area contributed by atoms with E-state index in [0.717, 1.165) is 11.0 Å². The molecule has 3 heterocycles. The third kappa shape index (κ3) is 3.29. The topological polar surface area (TPSA) is 75.5 Å². The highest BCUT2D eigenvalue weighted by molar-refractivity contribution is 6.33. The van der Waals surface area contributed by atoms with Crippen LogP contribution >= 0.6 is 11.6 Å². The lowest BCUT2D eigenvalue weighted by Gasteiger charge is -2.22. The standard InChI is InChI=1S/C22H20ClN3O4/c1-22(2)29-17-14(11-28-21(27)13-6-4-3-5-7-13)10-16(18(17)30-22)26-9-8-15-19(23)24-12-25-20(15)26/h3-10,12,16-18H,11H2,1-2H3/t16-,17-,18+/m1/s1. The molecule has 1 aliphatic carbocycles. The fourth-order valence-electron chi connectivity index (χ4n) is 4.09. The molecule has 5 rings (SSSR count). The Morgan fingerprint density at radius 2 is 2.00 bits per heavy atom. The zero-order valence-corrected chi connectivity index (χ0v) is 17.2. The lowest BCUT2D eigenvalue weighted by atomic mass is 10.1. The summed E-state index contributed by atoms with van der Waals surface area (Å²) < 4.78 is 19.9. The van der Waals surface area contributed by atoms with Crippen LogP contribution in [-0.4, -0.2) is 45.1 Å². The molecule has 154 valence electrons. The van der Waals surface area contributed by atoms with E-state index >= 15 is 0 Å². The summed E-state index contributed by atoms with van der Waals surface area (Å²) in [5.74, 6) is -1.12. The summed E-state index contributed by atoms with van der Waals surface area (Å²) in [5.41, 5.74) is 2.09. The van der Waals surface area contributed by atoms with E-state index in [1.807, 2.05) is 42.8 Å². The van der Waals surface area contributed by atoms with Gasteiger partial charge in [0.25, 0.3) is 0 Å². The zero-order chi connectivity index (χ0) is 20.9. The number of carbonyl (C=O) groups excluding carboxylic acids is 1. The van der Waals surface area contributed by atoms with Crippen LogP contribution in [0.3, 0.4) is 0 Å². The van der Waals surface area contributed by atoms with Crippen LogP contribution < -0.4 is 0 Å². The molecule has 0 N–H and O–H groups in total. The van der Waals surface area contributed by atoms with Crippen molar-refractivity contribution in [2.24, 2.45) is 0 Å². The van der Waals surface area contributed by atoms with Gasteiger partial charge < -0.3 is 18.8 Å². The predicted octanol–water partition coefficient (Wildman–Crippen LogP) is 3.94. The van der Waals surface area contributed by atoms with Gasteiger partial charge in [-0.05, 0) is 37.6 Å². The Morgan fingerprint density at radius 1 is 1.20 bits per heavy atom. The SMILES string of the molecule is CC1(C)O[C@@H]2[C@H](O1)C(COC(=O)c1ccccc1)=C[C@H]2n1ccc2c(Cl)ncnc21. The first-order valence-electron chi connectivity index (χ1n) is 9.68. The number of rotatable bonds is 4. The number of esters is 1. The van der Waals surface area contributed by atoms with Crippen molar-refractivity contribution in [3.8, 4) is 0 Å². The average Bonchev–Trinajstić information content (AvgIpc) is 3.38. The summed E-state index contributed by atoms with van der Waals surface area (Å²) in [6.45, 7) is 3.88. The van der Waals surface area contributed by atoms with Crippen molar-refractivity contribution < 1.29 is 19.0 Å². The van der Waals surface area contributed by atoms with Crippen molar-refractivity contribution >= 4 is 28.6 Å². The minimum atomic E-state index is -0.744. The van der Waals surface area contributed by atoms with Crippen LogP contribution in [-0.2, 0) is 14.2 Å². The molecule has 0 unspecified atom stereocenters. The molecule has 1 aromatic carbocycles. The Morgan fingerprint density at radius 3 is 2.80 bits per heavy atom. The first kappa shape index (κ1) is 19.2. The number of halogens is 1. The minimum absolute atomic E-state index is 0.125. The fraction of sp³-hybridized carbons (Fsp3) is 0.318. The van der Waals surface area contributed by atoms with E-state index in [2.05, 4.69) is 9.97 Å². The Kier molecular flexibility index (Phi) is 4.61. The number of fused-ring (bicyclic) bond motifs is 2. The molecule has 1 aliphatic heterocycles. The van der Waals surface area contributed by atoms with Crippen molar-refractivity contribution in [3.63, 3.8) is 0 Å². The van der Waals surface area contributed by atoms with Gasteiger partial charge in [0.15, 0.2) is 5.79 Å². The van der Waals surface area contributed by atoms with Gasteiger partial charge in [0.05, 0.1) is 17.0 Å². The van der Waals surface area contributed by atoms with E-state index in [4.69, 9.17) is 25.8 Å². The second kappa shape index (κ2) is 7.19. The molecule has 30 heavy (non-hydrogen) atoms. The maximum absolute atomic E-state index is 12.4. The van der Waals surface area contributed by atoms with Crippen LogP contribution in [0, 0.1) is 0 Å². The first-order chi connectivity index (χ1) is 14.4. The van der Waals surface area contributed by atoms with Crippen LogP contribution in [0.15, 0.2) is 60.6 Å². The number of ether oxygens (including phenoxy) is 3. The van der Waals surface area contributed by atoms with Crippen molar-refractivity contribution in [3.05, 3.63) is 71.3 Å². The van der Waals surface area contributed by atoms with E-state index in [1.165, 1.54) is 6.33 Å². The van der Waals surface area contributed by atoms with E-state index in [9.17, 15) is 4.79 Å². The summed E-state index contributed by atoms with van der Waals surface area (Å²) in [4.78, 5) is 20.8. The molecule has 7 nitrogen and oxygen atoms in total. The molecule has 1 fully saturated rings. The van der Waals surface area contributed by atoms with E-state index in [0.29, 0.717) is 16.4 Å². The van der Waals surface area contributed by atoms with Gasteiger partial charge in [0.2, 0.25) is 0 Å². The maximum atomic E-state index is 12.4. The van der Waals surface area contributed by atoms with Gasteiger partial charge in [-0.2, -0.15) is 0 Å². The molecule has 3 atom stereocenters. The van der Waals surface area contributed by atoms with Crippen LogP contribution in [0.25, 0.3) is 11.0 Å². The summed E-state index contributed by atoms with van der Waals surface area (Å²) in [6, 6.07) is 10.6. The quantitative estimate of drug-likeness (QED) is 0.358. The Labute approximate surface area is 178 Å². The number of hydrogen-bond acceptors (Lipinski definition) is 6. The van der Waals surface area contributed by atoms with Gasteiger partial charge in [0.1, 0.15) is 35.9 Å². The Hall–Kier alpha value is -2.74. The lowest BCUT2D eigenvalue weighted by Crippen LogP contribution is -2.28. The molecule has 1 saturated heterocycles. The number of carbonyl (C=O) groups is 1. The van der Waals surface area contributed by atoms with Crippen LogP contribution in [0.4, 0.5) is 0 Å². The van der Waals surface area contributed by atoms with Gasteiger partial charge in [0, 0.05) is 6.20 Å².